The van der Waals surface area contributed by atoms with Gasteiger partial charge in [0.2, 0.25) is 0 Å². The van der Waals surface area contributed by atoms with Gasteiger partial charge >= 0.3 is 0 Å². The lowest BCUT2D eigenvalue weighted by Gasteiger charge is -2.21. The maximum Gasteiger partial charge on any atom is 0.287 e. The van der Waals surface area contributed by atoms with E-state index in [1.54, 1.807) is 94.1 Å². The van der Waals surface area contributed by atoms with Crippen LogP contribution in [0.4, 0.5) is 23.3 Å². The molecule has 32 heteroatoms. The number of thiophene rings is 2. The Bertz CT molecular complexity index is 5910. The van der Waals surface area contributed by atoms with Gasteiger partial charge in [0.25, 0.3) is 23.6 Å². The first kappa shape index (κ1) is 102. The van der Waals surface area contributed by atoms with Crippen LogP contribution < -0.4 is 44.2 Å². The van der Waals surface area contributed by atoms with E-state index in [-0.39, 0.29) is 55.4 Å². The lowest BCUT2D eigenvalue weighted by molar-refractivity contribution is 0.0841. The third-order valence-corrected chi connectivity index (χ3v) is 24.8. The molecule has 8 aromatic heterocycles. The van der Waals surface area contributed by atoms with Crippen LogP contribution in [0.25, 0.3) is 43.1 Å². The normalized spacial score (nSPS) is 12.0. The average molecular weight is 1880 g/mol. The number of hydrogen-bond acceptors (Lipinski definition) is 24. The number of aromatic nitrogens is 4. The van der Waals surface area contributed by atoms with Gasteiger partial charge in [-0.1, -0.05) is 173 Å². The molecule has 8 heterocycles. The molecular formula is C98H112Cl4N16O10S2. The zero-order chi connectivity index (χ0) is 94.7. The quantitative estimate of drug-likeness (QED) is 0.0203. The molecule has 130 heavy (non-hydrogen) atoms. The molecule has 0 aliphatic rings. The summed E-state index contributed by atoms with van der Waals surface area (Å²) in [7, 11) is 0. The van der Waals surface area contributed by atoms with Gasteiger partial charge in [-0.25, -0.2) is 19.9 Å². The van der Waals surface area contributed by atoms with Crippen LogP contribution in [0.2, 0.25) is 20.1 Å². The molecule has 684 valence electrons. The SMILES string of the molecule is CCN(CC)CC(O)CNC(=O)c1cc(C#Cc2c(N)ncc3ccc(Cl)cc23)c(C)o1.CCN(CC)CC(O)CNC(=O)c1cc(C#Cc2c(N)ncc3ccc(Cl)cc23)c(C)s1.CCN(CC)CC(O)CNC(=O)c1oc(C)c(C#Cc2c(N)ncc3ccc(Cl)cc23)c1C.CCN(CC)CC(O)CNC(=O)c1sc(C)c(C#Cc2c(N)ncc3ccc(Cl)cc23)c1C. The van der Waals surface area contributed by atoms with Crippen LogP contribution in [0.1, 0.15) is 173 Å². The molecule has 0 bridgehead atoms. The zero-order valence-corrected chi connectivity index (χ0v) is 80.1. The Labute approximate surface area is 787 Å². The fourth-order valence-corrected chi connectivity index (χ4v) is 16.5. The molecule has 0 saturated carbocycles. The summed E-state index contributed by atoms with van der Waals surface area (Å²) in [5.41, 5.74) is 30.8. The number of aryl methyl sites for hydroxylation is 4. The van der Waals surface area contributed by atoms with Crippen LogP contribution in [-0.2, 0) is 0 Å². The van der Waals surface area contributed by atoms with Crippen LogP contribution in [0.3, 0.4) is 0 Å². The van der Waals surface area contributed by atoms with E-state index >= 15 is 0 Å². The molecule has 4 amide bonds. The highest BCUT2D eigenvalue weighted by molar-refractivity contribution is 7.14. The average Bonchev–Trinajstić information content (AvgIpc) is 1.34. The van der Waals surface area contributed by atoms with Crippen molar-refractivity contribution in [2.45, 2.75) is 121 Å². The van der Waals surface area contributed by atoms with Crippen molar-refractivity contribution in [3.63, 3.8) is 0 Å². The Morgan fingerprint density at radius 3 is 1.07 bits per heavy atom. The second kappa shape index (κ2) is 49.0. The molecule has 0 aliphatic heterocycles. The first-order valence-electron chi connectivity index (χ1n) is 42.7. The van der Waals surface area contributed by atoms with Crippen molar-refractivity contribution in [3.8, 4) is 47.4 Å². The third kappa shape index (κ3) is 27.9. The van der Waals surface area contributed by atoms with Crippen molar-refractivity contribution >= 4 is 159 Å². The van der Waals surface area contributed by atoms with E-state index in [2.05, 4.69) is 108 Å². The summed E-state index contributed by atoms with van der Waals surface area (Å²) >= 11 is 27.4. The predicted octanol–water partition coefficient (Wildman–Crippen LogP) is 14.4. The van der Waals surface area contributed by atoms with E-state index in [0.717, 1.165) is 122 Å². The lowest BCUT2D eigenvalue weighted by atomic mass is 10.1. The summed E-state index contributed by atoms with van der Waals surface area (Å²) in [6.07, 6.45) is 4.17. The number of aliphatic hydroxyl groups excluding tert-OH is 4. The van der Waals surface area contributed by atoms with Gasteiger partial charge in [0.05, 0.1) is 67.6 Å². The van der Waals surface area contributed by atoms with E-state index in [1.807, 2.05) is 113 Å². The number of nitrogens with two attached hydrogens (primary N) is 4. The number of carbonyl (C=O) groups excluding carboxylic acids is 4. The number of rotatable bonds is 28. The summed E-state index contributed by atoms with van der Waals surface area (Å²) in [5, 5.41) is 61.1. The number of benzene rings is 4. The Morgan fingerprint density at radius 1 is 0.377 bits per heavy atom. The minimum absolute atomic E-state index is 0.133. The number of fused-ring (bicyclic) bond motifs is 4. The molecule has 4 atom stereocenters. The van der Waals surface area contributed by atoms with Gasteiger partial charge in [-0.3, -0.25) is 19.2 Å². The topological polar surface area (TPSA) is 392 Å². The van der Waals surface area contributed by atoms with Gasteiger partial charge in [-0.15, -0.1) is 22.7 Å². The molecule has 12 aromatic rings. The highest BCUT2D eigenvalue weighted by Crippen LogP contribution is 2.33. The summed E-state index contributed by atoms with van der Waals surface area (Å²) < 4.78 is 11.3. The van der Waals surface area contributed by atoms with Crippen LogP contribution in [-0.4, -0.2) is 213 Å². The van der Waals surface area contributed by atoms with Gasteiger partial charge in [0.15, 0.2) is 11.5 Å². The second-order valence-corrected chi connectivity index (χ2v) is 34.8. The molecule has 0 radical (unpaired) electrons. The molecule has 0 aliphatic carbocycles. The Kier molecular flexibility index (Phi) is 38.6. The summed E-state index contributed by atoms with van der Waals surface area (Å²) in [4.78, 5) is 78.8. The van der Waals surface area contributed by atoms with E-state index in [1.165, 1.54) is 22.7 Å². The van der Waals surface area contributed by atoms with Gasteiger partial charge in [-0.05, 0) is 154 Å². The number of pyridine rings is 4. The molecule has 26 nitrogen and oxygen atoms in total. The minimum Gasteiger partial charge on any atom is -0.455 e. The van der Waals surface area contributed by atoms with Crippen LogP contribution in [0, 0.1) is 88.9 Å². The largest absolute Gasteiger partial charge is 0.455 e. The van der Waals surface area contributed by atoms with Gasteiger partial charge in [0, 0.05) is 173 Å². The van der Waals surface area contributed by atoms with E-state index < -0.39 is 30.3 Å². The fourth-order valence-electron chi connectivity index (χ4n) is 13.9. The molecule has 4 unspecified atom stereocenters. The van der Waals surface area contributed by atoms with Crippen LogP contribution >= 0.6 is 69.1 Å². The smallest absolute Gasteiger partial charge is 0.287 e. The summed E-state index contributed by atoms with van der Waals surface area (Å²) in [6, 6.07) is 25.2. The number of likely N-dealkylation sites (N-methyl/N-ethyl adjacent to an activating group) is 4. The highest BCUT2D eigenvalue weighted by Gasteiger charge is 2.25. The van der Waals surface area contributed by atoms with Gasteiger partial charge < -0.3 is 93.1 Å². The van der Waals surface area contributed by atoms with Crippen molar-refractivity contribution in [2.75, 3.05) is 128 Å². The van der Waals surface area contributed by atoms with Crippen LogP contribution in [0.15, 0.2) is 119 Å². The summed E-state index contributed by atoms with van der Waals surface area (Å²) in [6.45, 7) is 36.8. The number of nitrogens with zero attached hydrogens (tertiary/aromatic N) is 8. The van der Waals surface area contributed by atoms with Crippen molar-refractivity contribution in [1.29, 1.82) is 0 Å². The van der Waals surface area contributed by atoms with Gasteiger partial charge in [0.1, 0.15) is 34.8 Å². The Balaban J connectivity index is 0.000000195. The molecule has 0 spiro atoms. The number of hydrogen-bond donors (Lipinski definition) is 12. The fraction of sp³-hybridized carbons (Fsp3) is 0.347. The molecular weight excluding hydrogens is 1770 g/mol. The van der Waals surface area contributed by atoms with E-state index in [9.17, 15) is 39.6 Å². The standard InChI is InChI=1S/C25H29ClN4O3.C25H29ClN4O2S.C24H27ClN4O3.C24H27ClN4O2S/c2*1-5-30(6-2)14-19(31)13-29-25(32)23-15(3)20(16(4)33-23)9-10-21-22-11-18(26)8-7-17(22)12-28-24(21)27;2*1-4-29(5-2)14-19(30)13-28-24(31)22-10-16(15(3)32-22)7-9-20-21-11-18(25)8-6-17(21)12-27-23(20)26/h2*7-8,11-12,19,31H,5-6,13-14H2,1-4H3,(H2,27,28)(H,29,32);2*6,8,10-12,19,30H,4-5,13-14H2,1-3H3,(H2,26,27)(H,28,31). The third-order valence-electron chi connectivity index (χ3n) is 21.6. The number of nitrogen functional groups attached to an aromatic ring is 4. The summed E-state index contributed by atoms with van der Waals surface area (Å²) in [5.74, 6) is 26.2. The number of carbonyl (C=O) groups is 4. The van der Waals surface area contributed by atoms with E-state index in [4.69, 9.17) is 78.2 Å². The Hall–Kier alpha value is -11.4. The molecule has 0 fully saturated rings. The zero-order valence-electron chi connectivity index (χ0n) is 75.5. The highest BCUT2D eigenvalue weighted by atomic mass is 35.5. The first-order valence-corrected chi connectivity index (χ1v) is 45.9. The van der Waals surface area contributed by atoms with Crippen LogP contribution in [0.5, 0.6) is 0 Å². The number of amides is 4. The monoisotopic (exact) mass is 1880 g/mol. The molecule has 16 N–H and O–H groups in total. The first-order chi connectivity index (χ1) is 62.1. The van der Waals surface area contributed by atoms with Gasteiger partial charge in [-0.2, -0.15) is 0 Å². The number of furan rings is 2. The Morgan fingerprint density at radius 2 is 0.700 bits per heavy atom. The van der Waals surface area contributed by atoms with Crippen molar-refractivity contribution in [2.24, 2.45) is 0 Å². The molecule has 4 aromatic carbocycles. The number of aliphatic hydroxyl groups is 4. The minimum atomic E-state index is -0.668. The second-order valence-electron chi connectivity index (χ2n) is 30.5. The molecule has 0 saturated heterocycles. The number of halogens is 4. The van der Waals surface area contributed by atoms with Crippen molar-refractivity contribution < 1.29 is 48.4 Å². The van der Waals surface area contributed by atoms with Crippen molar-refractivity contribution in [3.05, 3.63) is 228 Å². The number of nitrogens with one attached hydrogen (secondary N) is 4. The maximum absolute atomic E-state index is 12.8. The maximum atomic E-state index is 12.8. The van der Waals surface area contributed by atoms with E-state index in [0.29, 0.717) is 130 Å². The number of anilines is 4. The lowest BCUT2D eigenvalue weighted by Crippen LogP contribution is -2.40. The molecule has 12 rings (SSSR count). The van der Waals surface area contributed by atoms with Crippen molar-refractivity contribution in [1.82, 2.24) is 60.8 Å². The predicted molar refractivity (Wildman–Crippen MR) is 528 cm³/mol.